The number of carbonyl (C=O) groups excluding carboxylic acids is 1. The highest BCUT2D eigenvalue weighted by molar-refractivity contribution is 5.76. The van der Waals surface area contributed by atoms with Crippen molar-refractivity contribution in [1.82, 2.24) is 4.90 Å². The normalized spacial score (nSPS) is 14.8. The molecule has 2 rings (SSSR count). The molecule has 1 saturated heterocycles. The van der Waals surface area contributed by atoms with Crippen LogP contribution in [0.1, 0.15) is 20.3 Å². The van der Waals surface area contributed by atoms with Gasteiger partial charge in [-0.05, 0) is 5.92 Å². The van der Waals surface area contributed by atoms with Gasteiger partial charge in [-0.3, -0.25) is 4.79 Å². The van der Waals surface area contributed by atoms with Crippen LogP contribution in [0, 0.1) is 5.92 Å². The van der Waals surface area contributed by atoms with E-state index in [9.17, 15) is 4.79 Å². The maximum atomic E-state index is 12.2. The van der Waals surface area contributed by atoms with Crippen molar-refractivity contribution in [2.45, 2.75) is 20.3 Å². The summed E-state index contributed by atoms with van der Waals surface area (Å²) in [5, 5.41) is 0. The molecule has 1 fully saturated rings. The van der Waals surface area contributed by atoms with Gasteiger partial charge in [0.05, 0.1) is 21.3 Å². The maximum absolute atomic E-state index is 12.2. The number of carbonyl (C=O) groups is 1. The number of ether oxygens (including phenoxy) is 3. The Bertz CT molecular complexity index is 541. The molecule has 0 saturated carbocycles. The van der Waals surface area contributed by atoms with Gasteiger partial charge in [-0.25, -0.2) is 0 Å². The number of amides is 1. The van der Waals surface area contributed by atoms with E-state index in [2.05, 4.69) is 18.7 Å². The first-order valence-electron chi connectivity index (χ1n) is 8.32. The van der Waals surface area contributed by atoms with E-state index in [1.165, 1.54) is 0 Å². The van der Waals surface area contributed by atoms with Crippen LogP contribution in [0.5, 0.6) is 17.2 Å². The molecular formula is C18H28N2O4. The van der Waals surface area contributed by atoms with E-state index < -0.39 is 0 Å². The lowest BCUT2D eigenvalue weighted by atomic mass is 10.1. The summed E-state index contributed by atoms with van der Waals surface area (Å²) < 4.78 is 16.2. The predicted molar refractivity (Wildman–Crippen MR) is 94.3 cm³/mol. The molecule has 6 heteroatoms. The van der Waals surface area contributed by atoms with Gasteiger partial charge in [-0.2, -0.15) is 0 Å². The number of benzene rings is 1. The van der Waals surface area contributed by atoms with Crippen LogP contribution in [0.15, 0.2) is 12.1 Å². The first-order chi connectivity index (χ1) is 11.5. The molecule has 0 aliphatic carbocycles. The molecule has 1 heterocycles. The standard InChI is InChI=1S/C18H28N2O4/c1-13(2)10-17(21)20-8-6-19(7-9-20)14-11-15(22-3)18(24-5)16(12-14)23-4/h11-13H,6-10H2,1-5H3. The largest absolute Gasteiger partial charge is 0.493 e. The van der Waals surface area contributed by atoms with E-state index in [1.807, 2.05) is 17.0 Å². The summed E-state index contributed by atoms with van der Waals surface area (Å²) in [7, 11) is 4.83. The molecule has 0 aromatic heterocycles. The van der Waals surface area contributed by atoms with Crippen LogP contribution in [0.25, 0.3) is 0 Å². The number of piperazine rings is 1. The van der Waals surface area contributed by atoms with Crippen molar-refractivity contribution in [2.24, 2.45) is 5.92 Å². The SMILES string of the molecule is COc1cc(N2CCN(C(=O)CC(C)C)CC2)cc(OC)c1OC. The lowest BCUT2D eigenvalue weighted by Gasteiger charge is -2.36. The second-order valence-electron chi connectivity index (χ2n) is 6.35. The quantitative estimate of drug-likeness (QED) is 0.798. The number of anilines is 1. The smallest absolute Gasteiger partial charge is 0.222 e. The molecule has 0 atom stereocenters. The molecule has 1 amide bonds. The Balaban J connectivity index is 2.10. The van der Waals surface area contributed by atoms with E-state index in [0.717, 1.165) is 31.9 Å². The summed E-state index contributed by atoms with van der Waals surface area (Å²) in [6.45, 7) is 7.21. The Morgan fingerprint density at radius 1 is 1.00 bits per heavy atom. The van der Waals surface area contributed by atoms with Crippen LogP contribution < -0.4 is 19.1 Å². The van der Waals surface area contributed by atoms with Crippen molar-refractivity contribution in [2.75, 3.05) is 52.4 Å². The van der Waals surface area contributed by atoms with Crippen LogP contribution in [0.4, 0.5) is 5.69 Å². The van der Waals surface area contributed by atoms with Gasteiger partial charge in [0.15, 0.2) is 11.5 Å². The summed E-state index contributed by atoms with van der Waals surface area (Å²) >= 11 is 0. The van der Waals surface area contributed by atoms with Crippen LogP contribution >= 0.6 is 0 Å². The van der Waals surface area contributed by atoms with Gasteiger partial charge in [-0.1, -0.05) is 13.8 Å². The van der Waals surface area contributed by atoms with Crippen molar-refractivity contribution in [1.29, 1.82) is 0 Å². The van der Waals surface area contributed by atoms with Crippen LogP contribution in [0.2, 0.25) is 0 Å². The summed E-state index contributed by atoms with van der Waals surface area (Å²) in [5.41, 5.74) is 1.01. The molecule has 0 spiro atoms. The molecule has 0 unspecified atom stereocenters. The van der Waals surface area contributed by atoms with Gasteiger partial charge >= 0.3 is 0 Å². The fourth-order valence-corrected chi connectivity index (χ4v) is 2.94. The minimum atomic E-state index is 0.245. The number of nitrogens with zero attached hydrogens (tertiary/aromatic N) is 2. The summed E-state index contributed by atoms with van der Waals surface area (Å²) in [5.74, 6) is 2.52. The van der Waals surface area contributed by atoms with Crippen LogP contribution in [-0.2, 0) is 4.79 Å². The lowest BCUT2D eigenvalue weighted by molar-refractivity contribution is -0.132. The Morgan fingerprint density at radius 3 is 1.96 bits per heavy atom. The number of hydrogen-bond donors (Lipinski definition) is 0. The first kappa shape index (κ1) is 18.2. The third kappa shape index (κ3) is 4.04. The van der Waals surface area contributed by atoms with E-state index >= 15 is 0 Å². The molecule has 24 heavy (non-hydrogen) atoms. The molecule has 0 N–H and O–H groups in total. The Kier molecular flexibility index (Phi) is 6.17. The second kappa shape index (κ2) is 8.13. The number of rotatable bonds is 6. The predicted octanol–water partition coefficient (Wildman–Crippen LogP) is 2.41. The van der Waals surface area contributed by atoms with Gasteiger partial charge in [0.2, 0.25) is 11.7 Å². The highest BCUT2D eigenvalue weighted by Gasteiger charge is 2.23. The van der Waals surface area contributed by atoms with Crippen LogP contribution in [-0.4, -0.2) is 58.3 Å². The van der Waals surface area contributed by atoms with Crippen molar-refractivity contribution in [3.8, 4) is 17.2 Å². The highest BCUT2D eigenvalue weighted by atomic mass is 16.5. The first-order valence-corrected chi connectivity index (χ1v) is 8.32. The Morgan fingerprint density at radius 2 is 1.54 bits per heavy atom. The van der Waals surface area contributed by atoms with Gasteiger partial charge in [0.25, 0.3) is 0 Å². The molecule has 0 radical (unpaired) electrons. The lowest BCUT2D eigenvalue weighted by Crippen LogP contribution is -2.49. The van der Waals surface area contributed by atoms with E-state index in [-0.39, 0.29) is 5.91 Å². The molecule has 1 aromatic carbocycles. The fourth-order valence-electron chi connectivity index (χ4n) is 2.94. The van der Waals surface area contributed by atoms with Gasteiger partial charge in [0, 0.05) is 50.4 Å². The van der Waals surface area contributed by atoms with Crippen molar-refractivity contribution >= 4 is 11.6 Å². The fraction of sp³-hybridized carbons (Fsp3) is 0.611. The zero-order valence-electron chi connectivity index (χ0n) is 15.3. The highest BCUT2D eigenvalue weighted by Crippen LogP contribution is 2.41. The summed E-state index contributed by atoms with van der Waals surface area (Å²) in [4.78, 5) is 16.4. The Hall–Kier alpha value is -2.11. The van der Waals surface area contributed by atoms with Crippen molar-refractivity contribution in [3.63, 3.8) is 0 Å². The maximum Gasteiger partial charge on any atom is 0.222 e. The van der Waals surface area contributed by atoms with E-state index in [1.54, 1.807) is 21.3 Å². The monoisotopic (exact) mass is 336 g/mol. The van der Waals surface area contributed by atoms with E-state index in [0.29, 0.717) is 29.6 Å². The third-order valence-electron chi connectivity index (χ3n) is 4.23. The van der Waals surface area contributed by atoms with Crippen molar-refractivity contribution in [3.05, 3.63) is 12.1 Å². The average Bonchev–Trinajstić information content (AvgIpc) is 2.59. The summed E-state index contributed by atoms with van der Waals surface area (Å²) in [6.07, 6.45) is 0.615. The molecule has 0 bridgehead atoms. The minimum absolute atomic E-state index is 0.245. The van der Waals surface area contributed by atoms with E-state index in [4.69, 9.17) is 14.2 Å². The van der Waals surface area contributed by atoms with Gasteiger partial charge < -0.3 is 24.0 Å². The Labute approximate surface area is 144 Å². The third-order valence-corrected chi connectivity index (χ3v) is 4.23. The molecular weight excluding hydrogens is 308 g/mol. The van der Waals surface area contributed by atoms with Gasteiger partial charge in [-0.15, -0.1) is 0 Å². The minimum Gasteiger partial charge on any atom is -0.493 e. The molecule has 6 nitrogen and oxygen atoms in total. The zero-order chi connectivity index (χ0) is 17.7. The molecule has 1 aliphatic rings. The molecule has 1 aromatic rings. The molecule has 1 aliphatic heterocycles. The number of methoxy groups -OCH3 is 3. The average molecular weight is 336 g/mol. The van der Waals surface area contributed by atoms with Crippen LogP contribution in [0.3, 0.4) is 0 Å². The zero-order valence-corrected chi connectivity index (χ0v) is 15.3. The number of hydrogen-bond acceptors (Lipinski definition) is 5. The van der Waals surface area contributed by atoms with Gasteiger partial charge in [0.1, 0.15) is 0 Å². The molecule has 134 valence electrons. The van der Waals surface area contributed by atoms with Crippen molar-refractivity contribution < 1.29 is 19.0 Å². The summed E-state index contributed by atoms with van der Waals surface area (Å²) in [6, 6.07) is 3.90. The topological polar surface area (TPSA) is 51.2 Å². The second-order valence-corrected chi connectivity index (χ2v) is 6.35.